The summed E-state index contributed by atoms with van der Waals surface area (Å²) in [6, 6.07) is 5.51. The second kappa shape index (κ2) is 8.66. The summed E-state index contributed by atoms with van der Waals surface area (Å²) in [6.45, 7) is 3.20. The molecule has 3 heteroatoms. The Morgan fingerprint density at radius 3 is 2.47 bits per heavy atom. The summed E-state index contributed by atoms with van der Waals surface area (Å²) in [6.07, 6.45) is 7.81. The lowest BCUT2D eigenvalue weighted by molar-refractivity contribution is 0.617. The van der Waals surface area contributed by atoms with Crippen molar-refractivity contribution in [1.29, 1.82) is 0 Å². The lowest BCUT2D eigenvalue weighted by atomic mass is 10.1. The summed E-state index contributed by atoms with van der Waals surface area (Å²) in [5.74, 6) is 0. The van der Waals surface area contributed by atoms with E-state index in [1.54, 1.807) is 6.07 Å². The minimum Gasteiger partial charge on any atom is -0.384 e. The average molecular weight is 274 g/mol. The smallest absolute Gasteiger partial charge is 0.0638 e. The molecule has 0 atom stereocenters. The highest BCUT2D eigenvalue weighted by Crippen LogP contribution is 2.25. The van der Waals surface area contributed by atoms with Crippen molar-refractivity contribution in [2.45, 2.75) is 45.4 Å². The molecule has 0 aliphatic rings. The summed E-state index contributed by atoms with van der Waals surface area (Å²) >= 11 is 12.0. The zero-order valence-corrected chi connectivity index (χ0v) is 11.9. The zero-order chi connectivity index (χ0) is 12.5. The van der Waals surface area contributed by atoms with Gasteiger partial charge in [0.1, 0.15) is 0 Å². The number of unbranched alkanes of at least 4 members (excludes halogenated alkanes) is 5. The molecule has 1 rings (SSSR count). The lowest BCUT2D eigenvalue weighted by Gasteiger charge is -2.08. The fourth-order valence-corrected chi connectivity index (χ4v) is 2.12. The molecular weight excluding hydrogens is 253 g/mol. The van der Waals surface area contributed by atoms with Crippen LogP contribution in [0.1, 0.15) is 45.4 Å². The molecule has 0 bridgehead atoms. The fourth-order valence-electron chi connectivity index (χ4n) is 1.76. The van der Waals surface area contributed by atoms with Crippen LogP contribution in [0, 0.1) is 0 Å². The molecule has 1 aromatic rings. The van der Waals surface area contributed by atoms with E-state index in [0.29, 0.717) is 0 Å². The number of hydrogen-bond acceptors (Lipinski definition) is 1. The molecule has 0 saturated heterocycles. The molecule has 0 saturated carbocycles. The van der Waals surface area contributed by atoms with Crippen molar-refractivity contribution in [1.82, 2.24) is 0 Å². The maximum Gasteiger partial charge on any atom is 0.0638 e. The van der Waals surface area contributed by atoms with Crippen LogP contribution in [0.2, 0.25) is 10.0 Å². The van der Waals surface area contributed by atoms with Gasteiger partial charge in [0, 0.05) is 11.6 Å². The van der Waals surface area contributed by atoms with E-state index >= 15 is 0 Å². The van der Waals surface area contributed by atoms with Crippen LogP contribution in [0.3, 0.4) is 0 Å². The van der Waals surface area contributed by atoms with Crippen LogP contribution in [0.25, 0.3) is 0 Å². The van der Waals surface area contributed by atoms with Gasteiger partial charge in [0.05, 0.1) is 10.7 Å². The molecule has 0 amide bonds. The maximum atomic E-state index is 6.06. The van der Waals surface area contributed by atoms with E-state index < -0.39 is 0 Å². The van der Waals surface area contributed by atoms with E-state index in [2.05, 4.69) is 12.2 Å². The van der Waals surface area contributed by atoms with E-state index in [9.17, 15) is 0 Å². The second-order valence-corrected chi connectivity index (χ2v) is 5.16. The van der Waals surface area contributed by atoms with Crippen LogP contribution in [0.15, 0.2) is 18.2 Å². The van der Waals surface area contributed by atoms with Crippen LogP contribution >= 0.6 is 23.2 Å². The van der Waals surface area contributed by atoms with E-state index in [1.807, 2.05) is 12.1 Å². The predicted octanol–water partition coefficient (Wildman–Crippen LogP) is 5.77. The molecular formula is C14H21Cl2N. The summed E-state index contributed by atoms with van der Waals surface area (Å²) < 4.78 is 0. The van der Waals surface area contributed by atoms with Gasteiger partial charge in [-0.05, 0) is 24.6 Å². The Labute approximate surface area is 115 Å². The third-order valence-electron chi connectivity index (χ3n) is 2.77. The van der Waals surface area contributed by atoms with Crippen molar-refractivity contribution in [3.8, 4) is 0 Å². The number of benzene rings is 1. The Balaban J connectivity index is 2.15. The van der Waals surface area contributed by atoms with Crippen LogP contribution in [0.4, 0.5) is 5.69 Å². The van der Waals surface area contributed by atoms with Crippen LogP contribution in [0.5, 0.6) is 0 Å². The van der Waals surface area contributed by atoms with E-state index in [0.717, 1.165) is 22.3 Å². The number of anilines is 1. The Morgan fingerprint density at radius 2 is 1.71 bits per heavy atom. The van der Waals surface area contributed by atoms with Crippen LogP contribution < -0.4 is 5.32 Å². The molecule has 0 unspecified atom stereocenters. The van der Waals surface area contributed by atoms with Crippen molar-refractivity contribution < 1.29 is 0 Å². The molecule has 17 heavy (non-hydrogen) atoms. The monoisotopic (exact) mass is 273 g/mol. The maximum absolute atomic E-state index is 6.06. The first-order valence-corrected chi connectivity index (χ1v) is 7.18. The lowest BCUT2D eigenvalue weighted by Crippen LogP contribution is -2.01. The Kier molecular flexibility index (Phi) is 7.46. The van der Waals surface area contributed by atoms with Gasteiger partial charge < -0.3 is 5.32 Å². The van der Waals surface area contributed by atoms with Crippen molar-refractivity contribution in [2.24, 2.45) is 0 Å². The molecule has 1 nitrogen and oxygen atoms in total. The normalized spacial score (nSPS) is 10.5. The Bertz CT molecular complexity index is 326. The summed E-state index contributed by atoms with van der Waals surface area (Å²) in [5, 5.41) is 4.79. The van der Waals surface area contributed by atoms with Gasteiger partial charge in [-0.25, -0.2) is 0 Å². The zero-order valence-electron chi connectivity index (χ0n) is 10.4. The third kappa shape index (κ3) is 6.18. The number of halogens is 2. The number of hydrogen-bond donors (Lipinski definition) is 1. The second-order valence-electron chi connectivity index (χ2n) is 4.32. The van der Waals surface area contributed by atoms with Crippen LogP contribution in [-0.4, -0.2) is 6.54 Å². The molecule has 1 N–H and O–H groups in total. The average Bonchev–Trinajstić information content (AvgIpc) is 2.32. The highest BCUT2D eigenvalue weighted by Gasteiger charge is 1.99. The molecule has 0 radical (unpaired) electrons. The Morgan fingerprint density at radius 1 is 1.00 bits per heavy atom. The Hall–Kier alpha value is -0.400. The summed E-state index contributed by atoms with van der Waals surface area (Å²) in [5.41, 5.74) is 0.938. The fraction of sp³-hybridized carbons (Fsp3) is 0.571. The molecule has 1 aromatic carbocycles. The minimum absolute atomic E-state index is 0.722. The standard InChI is InChI=1S/C14H21Cl2N/c1-2-3-4-5-6-7-10-17-14-11-12(15)8-9-13(14)16/h8-9,11,17H,2-7,10H2,1H3. The highest BCUT2D eigenvalue weighted by atomic mass is 35.5. The SMILES string of the molecule is CCCCCCCCNc1cc(Cl)ccc1Cl. The van der Waals surface area contributed by atoms with Crippen LogP contribution in [-0.2, 0) is 0 Å². The van der Waals surface area contributed by atoms with E-state index in [4.69, 9.17) is 23.2 Å². The molecule has 0 aromatic heterocycles. The van der Waals surface area contributed by atoms with Gasteiger partial charge in [-0.15, -0.1) is 0 Å². The van der Waals surface area contributed by atoms with Gasteiger partial charge in [0.15, 0.2) is 0 Å². The van der Waals surface area contributed by atoms with Gasteiger partial charge >= 0.3 is 0 Å². The van der Waals surface area contributed by atoms with Gasteiger partial charge in [0.2, 0.25) is 0 Å². The number of nitrogens with one attached hydrogen (secondary N) is 1. The summed E-state index contributed by atoms with van der Waals surface area (Å²) in [4.78, 5) is 0. The molecule has 0 spiro atoms. The molecule has 0 aliphatic carbocycles. The number of rotatable bonds is 8. The molecule has 0 heterocycles. The summed E-state index contributed by atoms with van der Waals surface area (Å²) in [7, 11) is 0. The quantitative estimate of drug-likeness (QED) is 0.594. The largest absolute Gasteiger partial charge is 0.384 e. The van der Waals surface area contributed by atoms with E-state index in [-0.39, 0.29) is 0 Å². The molecule has 0 fully saturated rings. The van der Waals surface area contributed by atoms with Gasteiger partial charge in [-0.3, -0.25) is 0 Å². The van der Waals surface area contributed by atoms with Crippen molar-refractivity contribution in [3.63, 3.8) is 0 Å². The first kappa shape index (κ1) is 14.7. The van der Waals surface area contributed by atoms with Gasteiger partial charge in [-0.1, -0.05) is 62.2 Å². The third-order valence-corrected chi connectivity index (χ3v) is 3.34. The predicted molar refractivity (Wildman–Crippen MR) is 78.3 cm³/mol. The topological polar surface area (TPSA) is 12.0 Å². The molecule has 0 aliphatic heterocycles. The van der Waals surface area contributed by atoms with Crippen molar-refractivity contribution >= 4 is 28.9 Å². The van der Waals surface area contributed by atoms with Crippen molar-refractivity contribution in [2.75, 3.05) is 11.9 Å². The minimum atomic E-state index is 0.722. The van der Waals surface area contributed by atoms with Crippen molar-refractivity contribution in [3.05, 3.63) is 28.2 Å². The van der Waals surface area contributed by atoms with Gasteiger partial charge in [0.25, 0.3) is 0 Å². The first-order chi connectivity index (χ1) is 8.24. The highest BCUT2D eigenvalue weighted by molar-refractivity contribution is 6.35. The molecule has 96 valence electrons. The van der Waals surface area contributed by atoms with Gasteiger partial charge in [-0.2, -0.15) is 0 Å². The van der Waals surface area contributed by atoms with E-state index in [1.165, 1.54) is 38.5 Å². The first-order valence-electron chi connectivity index (χ1n) is 6.43.